The van der Waals surface area contributed by atoms with Crippen LogP contribution in [-0.4, -0.2) is 18.5 Å². The molecule has 8 heteroatoms. The Bertz CT molecular complexity index is 800. The van der Waals surface area contributed by atoms with Gasteiger partial charge in [-0.25, -0.2) is 17.8 Å². The highest BCUT2D eigenvalue weighted by Crippen LogP contribution is 2.26. The molecular weight excluding hydrogens is 285 g/mol. The average Bonchev–Trinajstić information content (AvgIpc) is 2.42. The number of halogens is 1. The Morgan fingerprint density at radius 3 is 2.80 bits per heavy atom. The highest BCUT2D eigenvalue weighted by Gasteiger charge is 2.20. The van der Waals surface area contributed by atoms with Gasteiger partial charge in [0.05, 0.1) is 5.69 Å². The van der Waals surface area contributed by atoms with Crippen molar-refractivity contribution in [2.45, 2.75) is 4.90 Å². The van der Waals surface area contributed by atoms with Crippen molar-refractivity contribution in [2.75, 3.05) is 4.72 Å². The summed E-state index contributed by atoms with van der Waals surface area (Å²) >= 11 is 0. The minimum Gasteiger partial charge on any atom is -0.506 e. The third-order valence-corrected chi connectivity index (χ3v) is 3.77. The smallest absolute Gasteiger partial charge is 0.264 e. The first kappa shape index (κ1) is 13.8. The number of sulfonamides is 1. The molecule has 0 radical (unpaired) electrons. The Morgan fingerprint density at radius 2 is 2.10 bits per heavy atom. The molecule has 0 unspecified atom stereocenters. The fraction of sp³-hybridized carbons (Fsp3) is 0. The molecule has 0 fully saturated rings. The van der Waals surface area contributed by atoms with E-state index in [1.807, 2.05) is 4.72 Å². The number of phenolic OH excluding ortho intramolecular Hbond substituents is 1. The minimum atomic E-state index is -4.16. The maximum absolute atomic E-state index is 13.1. The van der Waals surface area contributed by atoms with Gasteiger partial charge in [-0.15, -0.1) is 0 Å². The van der Waals surface area contributed by atoms with Crippen LogP contribution in [0.4, 0.5) is 10.1 Å². The number of hydrogen-bond acceptors (Lipinski definition) is 5. The number of pyridine rings is 1. The average molecular weight is 293 g/mol. The number of hydrogen-bond donors (Lipinski definition) is 2. The number of aromatic nitrogens is 1. The predicted octanol–water partition coefficient (Wildman–Crippen LogP) is 1.60. The Hall–Kier alpha value is -2.66. The van der Waals surface area contributed by atoms with Crippen molar-refractivity contribution in [3.63, 3.8) is 0 Å². The van der Waals surface area contributed by atoms with E-state index in [0.717, 1.165) is 18.2 Å². The lowest BCUT2D eigenvalue weighted by molar-refractivity contribution is 0.475. The number of benzene rings is 1. The van der Waals surface area contributed by atoms with E-state index >= 15 is 0 Å². The van der Waals surface area contributed by atoms with E-state index in [0.29, 0.717) is 0 Å². The van der Waals surface area contributed by atoms with Crippen molar-refractivity contribution in [2.24, 2.45) is 0 Å². The van der Waals surface area contributed by atoms with Crippen molar-refractivity contribution in [3.8, 4) is 11.8 Å². The van der Waals surface area contributed by atoms with Gasteiger partial charge in [0.2, 0.25) is 0 Å². The summed E-state index contributed by atoms with van der Waals surface area (Å²) < 4.78 is 39.3. The van der Waals surface area contributed by atoms with Gasteiger partial charge in [0.25, 0.3) is 10.0 Å². The lowest BCUT2D eigenvalue weighted by Crippen LogP contribution is -2.15. The SMILES string of the molecule is N#Cc1ncccc1S(=O)(=O)Nc1cc(F)ccc1O. The number of nitrogens with zero attached hydrogens (tertiary/aromatic N) is 2. The van der Waals surface area contributed by atoms with Gasteiger partial charge in [-0.1, -0.05) is 0 Å². The Kier molecular flexibility index (Phi) is 3.54. The highest BCUT2D eigenvalue weighted by molar-refractivity contribution is 7.92. The molecule has 0 saturated carbocycles. The normalized spacial score (nSPS) is 10.8. The molecule has 0 aliphatic carbocycles. The molecule has 0 bridgehead atoms. The van der Waals surface area contributed by atoms with Crippen LogP contribution in [0, 0.1) is 17.1 Å². The Morgan fingerprint density at radius 1 is 1.35 bits per heavy atom. The molecule has 2 aromatic rings. The molecule has 2 rings (SSSR count). The van der Waals surface area contributed by atoms with E-state index in [4.69, 9.17) is 5.26 Å². The Balaban J connectivity index is 2.47. The fourth-order valence-electron chi connectivity index (χ4n) is 1.48. The van der Waals surface area contributed by atoms with Crippen LogP contribution in [0.3, 0.4) is 0 Å². The molecule has 0 aliphatic heterocycles. The second-order valence-electron chi connectivity index (χ2n) is 3.73. The summed E-state index contributed by atoms with van der Waals surface area (Å²) in [5.74, 6) is -1.15. The second kappa shape index (κ2) is 5.14. The molecule has 6 nitrogen and oxygen atoms in total. The number of nitrogens with one attached hydrogen (secondary N) is 1. The van der Waals surface area contributed by atoms with Crippen LogP contribution in [0.1, 0.15) is 5.69 Å². The van der Waals surface area contributed by atoms with Crippen LogP contribution in [-0.2, 0) is 10.0 Å². The van der Waals surface area contributed by atoms with Gasteiger partial charge in [0.1, 0.15) is 22.5 Å². The molecule has 0 atom stereocenters. The van der Waals surface area contributed by atoms with E-state index in [1.165, 1.54) is 18.3 Å². The maximum Gasteiger partial charge on any atom is 0.264 e. The molecule has 2 N–H and O–H groups in total. The Labute approximate surface area is 114 Å². The zero-order chi connectivity index (χ0) is 14.8. The van der Waals surface area contributed by atoms with E-state index in [2.05, 4.69) is 4.98 Å². The zero-order valence-electron chi connectivity index (χ0n) is 9.91. The van der Waals surface area contributed by atoms with Gasteiger partial charge >= 0.3 is 0 Å². The van der Waals surface area contributed by atoms with Gasteiger partial charge in [-0.2, -0.15) is 5.26 Å². The standard InChI is InChI=1S/C12H8FN3O3S/c13-8-3-4-11(17)9(6-8)16-20(18,19)12-2-1-5-15-10(12)7-14/h1-6,16-17H. The number of aromatic hydroxyl groups is 1. The number of anilines is 1. The largest absolute Gasteiger partial charge is 0.506 e. The van der Waals surface area contributed by atoms with E-state index in [9.17, 15) is 17.9 Å². The number of phenols is 1. The van der Waals surface area contributed by atoms with E-state index in [1.54, 1.807) is 6.07 Å². The zero-order valence-corrected chi connectivity index (χ0v) is 10.7. The molecule has 0 amide bonds. The first-order valence-electron chi connectivity index (χ1n) is 5.30. The van der Waals surface area contributed by atoms with Crippen LogP contribution in [0.2, 0.25) is 0 Å². The molecule has 0 aliphatic rings. The van der Waals surface area contributed by atoms with E-state index < -0.39 is 21.6 Å². The van der Waals surface area contributed by atoms with Crippen molar-refractivity contribution in [1.29, 1.82) is 5.26 Å². The molecule has 1 aromatic heterocycles. The topological polar surface area (TPSA) is 103 Å². The summed E-state index contributed by atoms with van der Waals surface area (Å²) in [5, 5.41) is 18.3. The van der Waals surface area contributed by atoms with E-state index in [-0.39, 0.29) is 16.3 Å². The summed E-state index contributed by atoms with van der Waals surface area (Å²) in [6.45, 7) is 0. The second-order valence-corrected chi connectivity index (χ2v) is 5.38. The van der Waals surface area contributed by atoms with Crippen LogP contribution in [0.25, 0.3) is 0 Å². The monoisotopic (exact) mass is 293 g/mol. The first-order chi connectivity index (χ1) is 9.44. The molecule has 0 spiro atoms. The van der Waals surface area contributed by atoms with Crippen LogP contribution < -0.4 is 4.72 Å². The van der Waals surface area contributed by atoms with Crippen molar-refractivity contribution < 1.29 is 17.9 Å². The summed E-state index contributed by atoms with van der Waals surface area (Å²) in [7, 11) is -4.16. The molecular formula is C12H8FN3O3S. The lowest BCUT2D eigenvalue weighted by atomic mass is 10.3. The van der Waals surface area contributed by atoms with Gasteiger partial charge in [-0.05, 0) is 24.3 Å². The quantitative estimate of drug-likeness (QED) is 0.837. The molecule has 20 heavy (non-hydrogen) atoms. The van der Waals surface area contributed by atoms with Crippen LogP contribution >= 0.6 is 0 Å². The maximum atomic E-state index is 13.1. The molecule has 102 valence electrons. The van der Waals surface area contributed by atoms with Gasteiger partial charge in [0, 0.05) is 12.3 Å². The van der Waals surface area contributed by atoms with Gasteiger partial charge in [0.15, 0.2) is 5.69 Å². The first-order valence-corrected chi connectivity index (χ1v) is 6.79. The van der Waals surface area contributed by atoms with Gasteiger partial charge < -0.3 is 5.11 Å². The summed E-state index contributed by atoms with van der Waals surface area (Å²) in [5.41, 5.74) is -0.617. The number of nitriles is 1. The minimum absolute atomic E-state index is 0.295. The molecule has 1 aromatic carbocycles. The van der Waals surface area contributed by atoms with Crippen molar-refractivity contribution >= 4 is 15.7 Å². The number of rotatable bonds is 3. The predicted molar refractivity (Wildman–Crippen MR) is 67.8 cm³/mol. The summed E-state index contributed by atoms with van der Waals surface area (Å²) in [6.07, 6.45) is 1.28. The van der Waals surface area contributed by atoms with Crippen LogP contribution in [0.15, 0.2) is 41.4 Å². The lowest BCUT2D eigenvalue weighted by Gasteiger charge is -2.10. The highest BCUT2D eigenvalue weighted by atomic mass is 32.2. The van der Waals surface area contributed by atoms with Gasteiger partial charge in [-0.3, -0.25) is 4.72 Å². The van der Waals surface area contributed by atoms with Crippen molar-refractivity contribution in [3.05, 3.63) is 48.0 Å². The summed E-state index contributed by atoms with van der Waals surface area (Å²) in [6, 6.07) is 7.01. The third kappa shape index (κ3) is 2.67. The summed E-state index contributed by atoms with van der Waals surface area (Å²) in [4.78, 5) is 3.27. The third-order valence-electron chi connectivity index (χ3n) is 2.37. The molecule has 0 saturated heterocycles. The molecule has 1 heterocycles. The fourth-order valence-corrected chi connectivity index (χ4v) is 2.65. The van der Waals surface area contributed by atoms with Crippen LogP contribution in [0.5, 0.6) is 5.75 Å². The van der Waals surface area contributed by atoms with Crippen molar-refractivity contribution in [1.82, 2.24) is 4.98 Å².